The van der Waals surface area contributed by atoms with Crippen molar-refractivity contribution in [3.63, 3.8) is 0 Å². The Balaban J connectivity index is 1.53. The van der Waals surface area contributed by atoms with Gasteiger partial charge in [0.15, 0.2) is 34.2 Å². The molecule has 0 saturated carbocycles. The lowest BCUT2D eigenvalue weighted by molar-refractivity contribution is 0.0603. The van der Waals surface area contributed by atoms with Crippen molar-refractivity contribution in [2.24, 2.45) is 0 Å². The van der Waals surface area contributed by atoms with Crippen LogP contribution in [0.5, 0.6) is 0 Å². The molecule has 0 amide bonds. The smallest absolute Gasteiger partial charge is 0.341 e. The van der Waals surface area contributed by atoms with Crippen LogP contribution in [0.2, 0.25) is 0 Å². The maximum atomic E-state index is 14.0. The molecule has 2 aromatic heterocycles. The summed E-state index contributed by atoms with van der Waals surface area (Å²) in [5, 5.41) is 10.4. The third-order valence-electron chi connectivity index (χ3n) is 5.17. The summed E-state index contributed by atoms with van der Waals surface area (Å²) in [5.41, 5.74) is 1.08. The maximum Gasteiger partial charge on any atom is 0.341 e. The fourth-order valence-electron chi connectivity index (χ4n) is 3.57. The molecule has 0 unspecified atom stereocenters. The summed E-state index contributed by atoms with van der Waals surface area (Å²) >= 11 is 6.66. The predicted molar refractivity (Wildman–Crippen MR) is 133 cm³/mol. The molecule has 0 saturated heterocycles. The van der Waals surface area contributed by atoms with Crippen LogP contribution in [-0.4, -0.2) is 28.0 Å². The minimum atomic E-state index is -1.50. The molecule has 2 aromatic carbocycles. The highest BCUT2D eigenvalue weighted by atomic mass is 32.1. The summed E-state index contributed by atoms with van der Waals surface area (Å²) in [7, 11) is 1.28. The van der Waals surface area contributed by atoms with Crippen LogP contribution in [-0.2, 0) is 11.3 Å². The van der Waals surface area contributed by atoms with E-state index in [4.69, 9.17) is 17.0 Å². The van der Waals surface area contributed by atoms with Gasteiger partial charge in [-0.1, -0.05) is 30.3 Å². The molecule has 0 radical (unpaired) electrons. The first-order valence-electron chi connectivity index (χ1n) is 10.4. The highest BCUT2D eigenvalue weighted by Crippen LogP contribution is 2.40. The lowest BCUT2D eigenvalue weighted by Crippen LogP contribution is -2.20. The van der Waals surface area contributed by atoms with Crippen LogP contribution < -0.4 is 10.6 Å². The third kappa shape index (κ3) is 5.09. The minimum absolute atomic E-state index is 0.0837. The van der Waals surface area contributed by atoms with Crippen molar-refractivity contribution in [1.82, 2.24) is 9.78 Å². The molecule has 2 N–H and O–H groups in total. The monoisotopic (exact) mass is 534 g/mol. The second kappa shape index (κ2) is 10.5. The molecular formula is C24H18F4N4O2S2. The molecular weight excluding hydrogens is 516 g/mol. The van der Waals surface area contributed by atoms with Gasteiger partial charge in [0.25, 0.3) is 0 Å². The molecule has 6 nitrogen and oxygen atoms in total. The number of aromatic nitrogens is 2. The van der Waals surface area contributed by atoms with Crippen molar-refractivity contribution in [2.45, 2.75) is 13.5 Å². The first-order valence-corrected chi connectivity index (χ1v) is 11.6. The van der Waals surface area contributed by atoms with Crippen molar-refractivity contribution < 1.29 is 27.1 Å². The predicted octanol–water partition coefficient (Wildman–Crippen LogP) is 6.12. The van der Waals surface area contributed by atoms with Crippen LogP contribution in [0.1, 0.15) is 20.8 Å². The molecule has 12 heteroatoms. The average Bonchev–Trinajstić information content (AvgIpc) is 3.43. The Bertz CT molecular complexity index is 1430. The lowest BCUT2D eigenvalue weighted by Gasteiger charge is -2.10. The first kappa shape index (κ1) is 25.3. The number of hydrogen-bond acceptors (Lipinski definition) is 5. The van der Waals surface area contributed by atoms with Crippen LogP contribution in [0, 0.1) is 30.2 Å². The summed E-state index contributed by atoms with van der Waals surface area (Å²) in [6.45, 7) is 1.32. The standard InChI is InChI=1S/C24H18F4N4O2S2/c1-12-18(13-6-4-3-5-7-13)19(23(33)34-2)22(36-12)30-24(35)29-17-8-9-32(31-17)11-14-20(27)15(25)10-16(26)21(14)28/h3-10H,11H2,1-2H3,(H2,29,30,31,35). The van der Waals surface area contributed by atoms with Crippen molar-refractivity contribution in [3.05, 3.63) is 87.9 Å². The van der Waals surface area contributed by atoms with Gasteiger partial charge in [-0.3, -0.25) is 4.68 Å². The van der Waals surface area contributed by atoms with Gasteiger partial charge in [0.2, 0.25) is 0 Å². The van der Waals surface area contributed by atoms with E-state index in [1.54, 1.807) is 0 Å². The molecule has 186 valence electrons. The number of methoxy groups -OCH3 is 1. The normalized spacial score (nSPS) is 10.8. The van der Waals surface area contributed by atoms with Crippen LogP contribution in [0.4, 0.5) is 28.4 Å². The Morgan fingerprint density at radius 2 is 1.75 bits per heavy atom. The molecule has 0 aliphatic rings. The summed E-state index contributed by atoms with van der Waals surface area (Å²) in [6.07, 6.45) is 1.36. The zero-order valence-corrected chi connectivity index (χ0v) is 20.5. The van der Waals surface area contributed by atoms with Crippen LogP contribution in [0.3, 0.4) is 0 Å². The Morgan fingerprint density at radius 3 is 2.39 bits per heavy atom. The second-order valence-corrected chi connectivity index (χ2v) is 9.15. The zero-order valence-electron chi connectivity index (χ0n) is 18.9. The summed E-state index contributed by atoms with van der Waals surface area (Å²) in [5.74, 6) is -6.33. The quantitative estimate of drug-likeness (QED) is 0.134. The molecule has 0 spiro atoms. The number of nitrogens with zero attached hydrogens (tertiary/aromatic N) is 2. The van der Waals surface area contributed by atoms with Gasteiger partial charge in [-0.25, -0.2) is 22.4 Å². The van der Waals surface area contributed by atoms with E-state index < -0.39 is 41.3 Å². The molecule has 4 rings (SSSR count). The lowest BCUT2D eigenvalue weighted by atomic mass is 10.0. The zero-order chi connectivity index (χ0) is 26.0. The van der Waals surface area contributed by atoms with Gasteiger partial charge >= 0.3 is 5.97 Å². The number of aryl methyl sites for hydroxylation is 1. The van der Waals surface area contributed by atoms with E-state index in [0.717, 1.165) is 15.1 Å². The molecule has 0 aliphatic heterocycles. The van der Waals surface area contributed by atoms with Gasteiger partial charge < -0.3 is 15.4 Å². The van der Waals surface area contributed by atoms with Crippen LogP contribution in [0.15, 0.2) is 48.7 Å². The molecule has 4 aromatic rings. The minimum Gasteiger partial charge on any atom is -0.465 e. The number of nitrogens with one attached hydrogen (secondary N) is 2. The third-order valence-corrected chi connectivity index (χ3v) is 6.39. The average molecular weight is 535 g/mol. The largest absolute Gasteiger partial charge is 0.465 e. The van der Waals surface area contributed by atoms with Gasteiger partial charge in [-0.2, -0.15) is 5.10 Å². The molecule has 0 bridgehead atoms. The summed E-state index contributed by atoms with van der Waals surface area (Å²) < 4.78 is 61.0. The number of thiocarbonyl (C=S) groups is 1. The van der Waals surface area contributed by atoms with Gasteiger partial charge in [0, 0.05) is 28.8 Å². The van der Waals surface area contributed by atoms with Crippen molar-refractivity contribution in [1.29, 1.82) is 0 Å². The Kier molecular flexibility index (Phi) is 7.36. The molecule has 2 heterocycles. The Hall–Kier alpha value is -3.77. The number of carbonyl (C=O) groups is 1. The molecule has 0 aliphatic carbocycles. The summed E-state index contributed by atoms with van der Waals surface area (Å²) in [4.78, 5) is 13.5. The number of thiophene rings is 1. The van der Waals surface area contributed by atoms with E-state index in [0.29, 0.717) is 16.1 Å². The van der Waals surface area contributed by atoms with E-state index in [1.165, 1.54) is 30.7 Å². The SMILES string of the molecule is COC(=O)c1c(NC(=S)Nc2ccn(Cc3c(F)c(F)cc(F)c3F)n2)sc(C)c1-c1ccccc1. The molecule has 0 fully saturated rings. The van der Waals surface area contributed by atoms with Crippen molar-refractivity contribution in [3.8, 4) is 11.1 Å². The Labute approximate surface area is 212 Å². The molecule has 36 heavy (non-hydrogen) atoms. The number of halogens is 4. The van der Waals surface area contributed by atoms with Crippen LogP contribution in [0.25, 0.3) is 11.1 Å². The van der Waals surface area contributed by atoms with E-state index in [1.807, 2.05) is 37.3 Å². The fourth-order valence-corrected chi connectivity index (χ4v) is 4.91. The number of carbonyl (C=O) groups excluding carboxylic acids is 1. The van der Waals surface area contributed by atoms with E-state index in [9.17, 15) is 22.4 Å². The number of esters is 1. The van der Waals surface area contributed by atoms with Crippen LogP contribution >= 0.6 is 23.6 Å². The number of benzene rings is 2. The fraction of sp³-hybridized carbons (Fsp3) is 0.125. The van der Waals surface area contributed by atoms with E-state index in [-0.39, 0.29) is 17.0 Å². The van der Waals surface area contributed by atoms with E-state index in [2.05, 4.69) is 15.7 Å². The molecule has 0 atom stereocenters. The Morgan fingerprint density at radius 1 is 1.08 bits per heavy atom. The van der Waals surface area contributed by atoms with Crippen molar-refractivity contribution in [2.75, 3.05) is 17.7 Å². The number of ether oxygens (including phenoxy) is 1. The van der Waals surface area contributed by atoms with Gasteiger partial charge in [0.1, 0.15) is 10.6 Å². The number of anilines is 2. The van der Waals surface area contributed by atoms with Gasteiger partial charge in [0.05, 0.1) is 19.2 Å². The van der Waals surface area contributed by atoms with Gasteiger partial charge in [-0.15, -0.1) is 11.3 Å². The second-order valence-electron chi connectivity index (χ2n) is 7.52. The van der Waals surface area contributed by atoms with E-state index >= 15 is 0 Å². The maximum absolute atomic E-state index is 14.0. The number of hydrogen-bond donors (Lipinski definition) is 2. The van der Waals surface area contributed by atoms with Crippen molar-refractivity contribution >= 4 is 45.5 Å². The topological polar surface area (TPSA) is 68.2 Å². The highest BCUT2D eigenvalue weighted by Gasteiger charge is 2.25. The van der Waals surface area contributed by atoms with Gasteiger partial charge in [-0.05, 0) is 24.7 Å². The summed E-state index contributed by atoms with van der Waals surface area (Å²) in [6, 6.07) is 10.9. The number of rotatable bonds is 6. The first-order chi connectivity index (χ1) is 17.2. The highest BCUT2D eigenvalue weighted by molar-refractivity contribution is 7.80.